The van der Waals surface area contributed by atoms with E-state index in [-0.39, 0.29) is 11.5 Å². The third kappa shape index (κ3) is 4.98. The standard InChI is InChI=1S/C22H27N3O4/c1-2-27-21-7-6-20-19(24-21)9-11-25(20)10-8-16-13-17(26)14-22(23-16)29-15-18-5-3-4-12-28-18/h6-7,9,11,13-14,18H,2-5,8,10,12,15H2,1H3,(H,23,26). The Morgan fingerprint density at radius 3 is 3.00 bits per heavy atom. The lowest BCUT2D eigenvalue weighted by molar-refractivity contribution is -0.0120. The van der Waals surface area contributed by atoms with Crippen LogP contribution < -0.4 is 14.9 Å². The number of hydrogen-bond acceptors (Lipinski definition) is 5. The lowest BCUT2D eigenvalue weighted by Gasteiger charge is -2.22. The molecule has 1 atom stereocenters. The van der Waals surface area contributed by atoms with E-state index < -0.39 is 0 Å². The van der Waals surface area contributed by atoms with Crippen LogP contribution in [0.4, 0.5) is 0 Å². The maximum absolute atomic E-state index is 12.1. The summed E-state index contributed by atoms with van der Waals surface area (Å²) in [6.45, 7) is 4.52. The summed E-state index contributed by atoms with van der Waals surface area (Å²) in [5.41, 5.74) is 2.73. The highest BCUT2D eigenvalue weighted by molar-refractivity contribution is 5.76. The van der Waals surface area contributed by atoms with E-state index in [9.17, 15) is 4.79 Å². The SMILES string of the molecule is CCOc1ccc2c(ccn2CCc2cc(=O)cc(OCC3CCCCO3)[nH]2)n1. The third-order valence-electron chi connectivity index (χ3n) is 5.09. The molecule has 1 unspecified atom stereocenters. The Balaban J connectivity index is 1.41. The zero-order valence-electron chi connectivity index (χ0n) is 16.7. The molecule has 1 fully saturated rings. The van der Waals surface area contributed by atoms with E-state index in [2.05, 4.69) is 14.5 Å². The van der Waals surface area contributed by atoms with Crippen molar-refractivity contribution in [1.82, 2.24) is 14.5 Å². The first kappa shape index (κ1) is 19.5. The fourth-order valence-electron chi connectivity index (χ4n) is 3.63. The summed E-state index contributed by atoms with van der Waals surface area (Å²) in [6, 6.07) is 8.99. The molecular formula is C22H27N3O4. The quantitative estimate of drug-likeness (QED) is 0.631. The number of rotatable bonds is 8. The Hall–Kier alpha value is -2.80. The van der Waals surface area contributed by atoms with Crippen LogP contribution >= 0.6 is 0 Å². The van der Waals surface area contributed by atoms with E-state index in [4.69, 9.17) is 14.2 Å². The number of fused-ring (bicyclic) bond motifs is 1. The van der Waals surface area contributed by atoms with Crippen molar-refractivity contribution in [2.24, 2.45) is 0 Å². The molecule has 7 heteroatoms. The van der Waals surface area contributed by atoms with E-state index in [1.165, 1.54) is 6.07 Å². The van der Waals surface area contributed by atoms with Crippen molar-refractivity contribution in [3.05, 3.63) is 52.4 Å². The Morgan fingerprint density at radius 1 is 1.24 bits per heavy atom. The van der Waals surface area contributed by atoms with Gasteiger partial charge in [-0.25, -0.2) is 4.98 Å². The molecule has 3 aromatic heterocycles. The summed E-state index contributed by atoms with van der Waals surface area (Å²) in [5.74, 6) is 1.14. The molecule has 0 aliphatic carbocycles. The molecule has 0 spiro atoms. The van der Waals surface area contributed by atoms with Gasteiger partial charge in [-0.1, -0.05) is 0 Å². The molecular weight excluding hydrogens is 370 g/mol. The van der Waals surface area contributed by atoms with Crippen molar-refractivity contribution >= 4 is 11.0 Å². The number of pyridine rings is 2. The molecule has 154 valence electrons. The molecule has 0 saturated carbocycles. The molecule has 4 heterocycles. The molecule has 1 saturated heterocycles. The van der Waals surface area contributed by atoms with Gasteiger partial charge in [-0.3, -0.25) is 4.79 Å². The molecule has 4 rings (SSSR count). The lowest BCUT2D eigenvalue weighted by Crippen LogP contribution is -2.26. The average Bonchev–Trinajstić information content (AvgIpc) is 3.14. The Kier molecular flexibility index (Phi) is 6.14. The van der Waals surface area contributed by atoms with Crippen LogP contribution in [-0.2, 0) is 17.7 Å². The van der Waals surface area contributed by atoms with Crippen molar-refractivity contribution in [3.63, 3.8) is 0 Å². The van der Waals surface area contributed by atoms with Gasteiger partial charge in [-0.05, 0) is 38.3 Å². The van der Waals surface area contributed by atoms with Gasteiger partial charge in [0.15, 0.2) is 11.3 Å². The minimum Gasteiger partial charge on any atom is -0.478 e. The van der Waals surface area contributed by atoms with Gasteiger partial charge in [0.2, 0.25) is 5.88 Å². The van der Waals surface area contributed by atoms with E-state index in [0.29, 0.717) is 31.4 Å². The molecule has 1 N–H and O–H groups in total. The van der Waals surface area contributed by atoms with Crippen molar-refractivity contribution in [1.29, 1.82) is 0 Å². The maximum atomic E-state index is 12.1. The van der Waals surface area contributed by atoms with Crippen LogP contribution in [0.1, 0.15) is 31.9 Å². The van der Waals surface area contributed by atoms with Gasteiger partial charge in [-0.2, -0.15) is 0 Å². The number of aromatic nitrogens is 3. The molecule has 0 aromatic carbocycles. The van der Waals surface area contributed by atoms with Gasteiger partial charge in [-0.15, -0.1) is 0 Å². The van der Waals surface area contributed by atoms with Gasteiger partial charge in [0.05, 0.1) is 23.7 Å². The Labute approximate surface area is 169 Å². The Morgan fingerprint density at radius 2 is 2.17 bits per heavy atom. The summed E-state index contributed by atoms with van der Waals surface area (Å²) in [4.78, 5) is 19.8. The van der Waals surface area contributed by atoms with Gasteiger partial charge >= 0.3 is 0 Å². The van der Waals surface area contributed by atoms with Crippen LogP contribution in [0.25, 0.3) is 11.0 Å². The van der Waals surface area contributed by atoms with Gasteiger partial charge in [0, 0.05) is 49.7 Å². The van der Waals surface area contributed by atoms with E-state index in [1.54, 1.807) is 6.07 Å². The van der Waals surface area contributed by atoms with Crippen LogP contribution in [0.2, 0.25) is 0 Å². The molecule has 29 heavy (non-hydrogen) atoms. The minimum absolute atomic E-state index is 0.0568. The number of aromatic amines is 1. The van der Waals surface area contributed by atoms with Crippen LogP contribution in [0.15, 0.2) is 41.3 Å². The highest BCUT2D eigenvalue weighted by atomic mass is 16.5. The van der Waals surface area contributed by atoms with Crippen molar-refractivity contribution in [2.45, 2.75) is 45.3 Å². The summed E-state index contributed by atoms with van der Waals surface area (Å²) in [6.07, 6.45) is 6.07. The highest BCUT2D eigenvalue weighted by Gasteiger charge is 2.15. The largest absolute Gasteiger partial charge is 0.478 e. The lowest BCUT2D eigenvalue weighted by atomic mass is 10.1. The summed E-state index contributed by atoms with van der Waals surface area (Å²) in [7, 11) is 0. The molecule has 0 radical (unpaired) electrons. The number of nitrogens with zero attached hydrogens (tertiary/aromatic N) is 2. The molecule has 1 aliphatic rings. The second-order valence-corrected chi connectivity index (χ2v) is 7.25. The zero-order chi connectivity index (χ0) is 20.1. The topological polar surface area (TPSA) is 78.4 Å². The number of ether oxygens (including phenoxy) is 3. The first-order chi connectivity index (χ1) is 14.2. The smallest absolute Gasteiger partial charge is 0.213 e. The fourth-order valence-corrected chi connectivity index (χ4v) is 3.63. The maximum Gasteiger partial charge on any atom is 0.213 e. The Bertz CT molecular complexity index is 1000. The van der Waals surface area contributed by atoms with E-state index in [1.807, 2.05) is 31.3 Å². The van der Waals surface area contributed by atoms with Gasteiger partial charge < -0.3 is 23.8 Å². The number of H-pyrrole nitrogens is 1. The number of hydrogen-bond donors (Lipinski definition) is 1. The average molecular weight is 397 g/mol. The third-order valence-corrected chi connectivity index (χ3v) is 5.09. The molecule has 7 nitrogen and oxygen atoms in total. The summed E-state index contributed by atoms with van der Waals surface area (Å²) >= 11 is 0. The van der Waals surface area contributed by atoms with Gasteiger partial charge in [0.1, 0.15) is 6.61 Å². The van der Waals surface area contributed by atoms with Gasteiger partial charge in [0.25, 0.3) is 0 Å². The first-order valence-corrected chi connectivity index (χ1v) is 10.3. The van der Waals surface area contributed by atoms with E-state index in [0.717, 1.165) is 49.1 Å². The van der Waals surface area contributed by atoms with Crippen LogP contribution in [0, 0.1) is 0 Å². The zero-order valence-corrected chi connectivity index (χ0v) is 16.7. The second-order valence-electron chi connectivity index (χ2n) is 7.25. The normalized spacial score (nSPS) is 16.8. The van der Waals surface area contributed by atoms with Crippen molar-refractivity contribution in [2.75, 3.05) is 19.8 Å². The first-order valence-electron chi connectivity index (χ1n) is 10.3. The predicted molar refractivity (Wildman–Crippen MR) is 111 cm³/mol. The van der Waals surface area contributed by atoms with Crippen molar-refractivity contribution < 1.29 is 14.2 Å². The van der Waals surface area contributed by atoms with Crippen LogP contribution in [0.3, 0.4) is 0 Å². The molecule has 0 bridgehead atoms. The molecule has 1 aliphatic heterocycles. The van der Waals surface area contributed by atoms with Crippen LogP contribution in [0.5, 0.6) is 11.8 Å². The summed E-state index contributed by atoms with van der Waals surface area (Å²) < 4.78 is 19.1. The highest BCUT2D eigenvalue weighted by Crippen LogP contribution is 2.19. The summed E-state index contributed by atoms with van der Waals surface area (Å²) in [5, 5.41) is 0. The monoisotopic (exact) mass is 397 g/mol. The van der Waals surface area contributed by atoms with Crippen molar-refractivity contribution in [3.8, 4) is 11.8 Å². The fraction of sp³-hybridized carbons (Fsp3) is 0.455. The van der Waals surface area contributed by atoms with Crippen LogP contribution in [-0.4, -0.2) is 40.5 Å². The number of aryl methyl sites for hydroxylation is 2. The van der Waals surface area contributed by atoms with E-state index >= 15 is 0 Å². The second kappa shape index (κ2) is 9.13. The molecule has 3 aromatic rings. The minimum atomic E-state index is -0.0568. The molecule has 0 amide bonds. The predicted octanol–water partition coefficient (Wildman–Crippen LogP) is 3.31. The number of nitrogens with one attached hydrogen (secondary N) is 1.